The zero-order valence-electron chi connectivity index (χ0n) is 12.7. The predicted octanol–water partition coefficient (Wildman–Crippen LogP) is 3.40. The number of ketones is 1. The third-order valence-corrected chi connectivity index (χ3v) is 3.23. The minimum atomic E-state index is -0.575. The van der Waals surface area contributed by atoms with Crippen molar-refractivity contribution in [2.75, 3.05) is 10.6 Å². The molecule has 1 amide bonds. The van der Waals surface area contributed by atoms with Crippen molar-refractivity contribution in [3.8, 4) is 6.07 Å². The summed E-state index contributed by atoms with van der Waals surface area (Å²) in [5.41, 5.74) is 0.901. The average Bonchev–Trinajstić information content (AvgIpc) is 2.57. The summed E-state index contributed by atoms with van der Waals surface area (Å²) in [4.78, 5) is 27.3. The first-order valence-corrected chi connectivity index (χ1v) is 7.28. The molecule has 1 heterocycles. The zero-order valence-corrected chi connectivity index (χ0v) is 13.5. The molecular weight excluding hydrogens is 328 g/mol. The number of anilines is 2. The van der Waals surface area contributed by atoms with Gasteiger partial charge in [-0.2, -0.15) is 5.26 Å². The maximum Gasteiger partial charge on any atom is 0.267 e. The van der Waals surface area contributed by atoms with Gasteiger partial charge in [-0.3, -0.25) is 9.59 Å². The van der Waals surface area contributed by atoms with Crippen LogP contribution in [0.2, 0.25) is 5.02 Å². The first kappa shape index (κ1) is 17.2. The van der Waals surface area contributed by atoms with Gasteiger partial charge in [-0.15, -0.1) is 0 Å². The maximum atomic E-state index is 12.1. The Morgan fingerprint density at radius 1 is 1.21 bits per heavy atom. The van der Waals surface area contributed by atoms with Gasteiger partial charge in [0.1, 0.15) is 17.5 Å². The van der Waals surface area contributed by atoms with Gasteiger partial charge in [0.25, 0.3) is 5.91 Å². The molecule has 0 saturated carbocycles. The van der Waals surface area contributed by atoms with Crippen LogP contribution >= 0.6 is 11.6 Å². The molecule has 0 spiro atoms. The Morgan fingerprint density at radius 2 is 1.92 bits per heavy atom. The van der Waals surface area contributed by atoms with Gasteiger partial charge in [0.05, 0.1) is 5.02 Å². The Morgan fingerprint density at radius 3 is 2.46 bits per heavy atom. The molecule has 0 aliphatic rings. The largest absolute Gasteiger partial charge is 0.345 e. The van der Waals surface area contributed by atoms with E-state index in [0.29, 0.717) is 22.1 Å². The van der Waals surface area contributed by atoms with Crippen LogP contribution in [-0.2, 0) is 4.79 Å². The summed E-state index contributed by atoms with van der Waals surface area (Å²) in [5, 5.41) is 14.9. The topological polar surface area (TPSA) is 94.9 Å². The summed E-state index contributed by atoms with van der Waals surface area (Å²) in [6, 6.07) is 11.5. The van der Waals surface area contributed by atoms with Crippen molar-refractivity contribution in [3.63, 3.8) is 0 Å². The smallest absolute Gasteiger partial charge is 0.267 e. The molecule has 0 aliphatic carbocycles. The van der Waals surface area contributed by atoms with Crippen LogP contribution in [0.4, 0.5) is 11.5 Å². The molecule has 24 heavy (non-hydrogen) atoms. The van der Waals surface area contributed by atoms with E-state index in [2.05, 4.69) is 15.6 Å². The fourth-order valence-electron chi connectivity index (χ4n) is 1.74. The summed E-state index contributed by atoms with van der Waals surface area (Å²) in [7, 11) is 0. The molecule has 1 aromatic carbocycles. The van der Waals surface area contributed by atoms with Gasteiger partial charge in [0, 0.05) is 23.6 Å². The van der Waals surface area contributed by atoms with E-state index in [1.165, 1.54) is 19.3 Å². The van der Waals surface area contributed by atoms with Crippen LogP contribution in [0.15, 0.2) is 54.4 Å². The fraction of sp³-hybridized carbons (Fsp3) is 0.0588. The van der Waals surface area contributed by atoms with E-state index < -0.39 is 5.91 Å². The van der Waals surface area contributed by atoms with E-state index in [1.54, 1.807) is 36.4 Å². The second-order valence-corrected chi connectivity index (χ2v) is 5.20. The van der Waals surface area contributed by atoms with Crippen LogP contribution in [0, 0.1) is 11.3 Å². The summed E-state index contributed by atoms with van der Waals surface area (Å²) in [6.07, 6.45) is 2.70. The maximum absolute atomic E-state index is 12.1. The highest BCUT2D eigenvalue weighted by molar-refractivity contribution is 6.30. The van der Waals surface area contributed by atoms with Gasteiger partial charge < -0.3 is 10.6 Å². The number of aromatic nitrogens is 1. The summed E-state index contributed by atoms with van der Waals surface area (Å²) in [5.74, 6) is -0.189. The predicted molar refractivity (Wildman–Crippen MR) is 91.6 cm³/mol. The van der Waals surface area contributed by atoms with Crippen LogP contribution < -0.4 is 10.6 Å². The molecule has 120 valence electrons. The molecule has 2 aromatic rings. The first-order chi connectivity index (χ1) is 11.5. The van der Waals surface area contributed by atoms with Crippen molar-refractivity contribution in [1.29, 1.82) is 5.26 Å². The standard InChI is InChI=1S/C17H13ClN4O2/c1-11(23)12-2-5-15(6-3-12)22-17(24)13(8-19)9-20-16-7-4-14(18)10-21-16/h2-7,9-10H,1H3,(H,20,21)(H,22,24)/b13-9-. The molecule has 6 nitrogen and oxygen atoms in total. The molecule has 2 N–H and O–H groups in total. The van der Waals surface area contributed by atoms with Crippen LogP contribution in [-0.4, -0.2) is 16.7 Å². The Labute approximate surface area is 143 Å². The zero-order chi connectivity index (χ0) is 17.5. The third-order valence-electron chi connectivity index (χ3n) is 3.01. The van der Waals surface area contributed by atoms with Crippen molar-refractivity contribution < 1.29 is 9.59 Å². The van der Waals surface area contributed by atoms with Gasteiger partial charge in [-0.1, -0.05) is 11.6 Å². The second-order valence-electron chi connectivity index (χ2n) is 4.76. The van der Waals surface area contributed by atoms with Crippen molar-refractivity contribution in [3.05, 3.63) is 65.0 Å². The molecule has 0 unspecified atom stereocenters. The molecule has 0 bridgehead atoms. The van der Waals surface area contributed by atoms with Gasteiger partial charge >= 0.3 is 0 Å². The first-order valence-electron chi connectivity index (χ1n) is 6.90. The lowest BCUT2D eigenvalue weighted by atomic mass is 10.1. The number of nitriles is 1. The number of halogens is 1. The number of nitrogens with one attached hydrogen (secondary N) is 2. The van der Waals surface area contributed by atoms with E-state index >= 15 is 0 Å². The summed E-state index contributed by atoms with van der Waals surface area (Å²) in [6.45, 7) is 1.46. The quantitative estimate of drug-likeness (QED) is 0.494. The number of hydrogen-bond acceptors (Lipinski definition) is 5. The molecule has 0 saturated heterocycles. The molecular formula is C17H13ClN4O2. The summed E-state index contributed by atoms with van der Waals surface area (Å²) >= 11 is 5.73. The number of rotatable bonds is 5. The highest BCUT2D eigenvalue weighted by Gasteiger charge is 2.09. The number of pyridine rings is 1. The lowest BCUT2D eigenvalue weighted by Gasteiger charge is -2.05. The minimum Gasteiger partial charge on any atom is -0.345 e. The highest BCUT2D eigenvalue weighted by atomic mass is 35.5. The van der Waals surface area contributed by atoms with E-state index in [1.807, 2.05) is 6.07 Å². The second kappa shape index (κ2) is 7.90. The van der Waals surface area contributed by atoms with Crippen LogP contribution in [0.3, 0.4) is 0 Å². The average molecular weight is 341 g/mol. The van der Waals surface area contributed by atoms with Gasteiger partial charge in [-0.05, 0) is 43.3 Å². The van der Waals surface area contributed by atoms with Gasteiger partial charge in [0.15, 0.2) is 5.78 Å². The van der Waals surface area contributed by atoms with E-state index in [0.717, 1.165) is 0 Å². The lowest BCUT2D eigenvalue weighted by Crippen LogP contribution is -2.14. The normalized spacial score (nSPS) is 10.6. The number of hydrogen-bond donors (Lipinski definition) is 2. The number of carbonyl (C=O) groups excluding carboxylic acids is 2. The van der Waals surface area contributed by atoms with Crippen LogP contribution in [0.1, 0.15) is 17.3 Å². The van der Waals surface area contributed by atoms with Crippen LogP contribution in [0.25, 0.3) is 0 Å². The van der Waals surface area contributed by atoms with E-state index in [-0.39, 0.29) is 11.4 Å². The molecule has 0 radical (unpaired) electrons. The molecule has 1 aromatic heterocycles. The lowest BCUT2D eigenvalue weighted by molar-refractivity contribution is -0.112. The Balaban J connectivity index is 2.05. The number of benzene rings is 1. The number of Topliss-reactive ketones (excluding diaryl/α,β-unsaturated/α-hetero) is 1. The number of amides is 1. The van der Waals surface area contributed by atoms with Crippen molar-refractivity contribution in [1.82, 2.24) is 4.98 Å². The number of carbonyl (C=O) groups is 2. The number of nitrogens with zero attached hydrogens (tertiary/aromatic N) is 2. The Hall–Kier alpha value is -3.17. The molecule has 7 heteroatoms. The SMILES string of the molecule is CC(=O)c1ccc(NC(=O)/C(C#N)=C\Nc2ccc(Cl)cn2)cc1. The summed E-state index contributed by atoms with van der Waals surface area (Å²) < 4.78 is 0. The molecule has 2 rings (SSSR count). The van der Waals surface area contributed by atoms with Crippen LogP contribution in [0.5, 0.6) is 0 Å². The highest BCUT2D eigenvalue weighted by Crippen LogP contribution is 2.12. The Kier molecular flexibility index (Phi) is 5.66. The molecule has 0 atom stereocenters. The monoisotopic (exact) mass is 340 g/mol. The Bertz CT molecular complexity index is 821. The van der Waals surface area contributed by atoms with Crippen molar-refractivity contribution in [2.24, 2.45) is 0 Å². The van der Waals surface area contributed by atoms with Gasteiger partial charge in [-0.25, -0.2) is 4.98 Å². The minimum absolute atomic E-state index is 0.0647. The molecule has 0 fully saturated rings. The van der Waals surface area contributed by atoms with E-state index in [4.69, 9.17) is 16.9 Å². The van der Waals surface area contributed by atoms with Gasteiger partial charge in [0.2, 0.25) is 0 Å². The van der Waals surface area contributed by atoms with Crippen molar-refractivity contribution >= 4 is 34.8 Å². The van der Waals surface area contributed by atoms with Crippen molar-refractivity contribution in [2.45, 2.75) is 6.92 Å². The molecule has 0 aliphatic heterocycles. The van der Waals surface area contributed by atoms with E-state index in [9.17, 15) is 9.59 Å². The fourth-order valence-corrected chi connectivity index (χ4v) is 1.85. The third kappa shape index (κ3) is 4.66.